The summed E-state index contributed by atoms with van der Waals surface area (Å²) in [5, 5.41) is 1.12. The molecule has 0 aliphatic carbocycles. The highest BCUT2D eigenvalue weighted by Gasteiger charge is 2.15. The molecule has 3 aromatic carbocycles. The highest BCUT2D eigenvalue weighted by atomic mass is 16.3. The van der Waals surface area contributed by atoms with Gasteiger partial charge in [-0.3, -0.25) is 4.99 Å². The molecule has 1 aliphatic rings. The molecular weight excluding hydrogens is 464 g/mol. The van der Waals surface area contributed by atoms with E-state index in [2.05, 4.69) is 99.9 Å². The quantitative estimate of drug-likeness (QED) is 0.284. The fourth-order valence-corrected chi connectivity index (χ4v) is 4.66. The van der Waals surface area contributed by atoms with Gasteiger partial charge in [-0.2, -0.15) is 0 Å². The smallest absolute Gasteiger partial charge is 0.134 e. The predicted octanol–water partition coefficient (Wildman–Crippen LogP) is 8.70. The Labute approximate surface area is 228 Å². The van der Waals surface area contributed by atoms with Crippen LogP contribution < -0.4 is 5.73 Å². The average molecular weight is 507 g/mol. The van der Waals surface area contributed by atoms with Gasteiger partial charge in [0.05, 0.1) is 6.54 Å². The van der Waals surface area contributed by atoms with E-state index in [0.717, 1.165) is 47.4 Å². The van der Waals surface area contributed by atoms with E-state index in [4.69, 9.17) is 10.2 Å². The van der Waals surface area contributed by atoms with Crippen molar-refractivity contribution in [2.45, 2.75) is 60.8 Å². The summed E-state index contributed by atoms with van der Waals surface area (Å²) in [6.07, 6.45) is 2.55. The maximum atomic E-state index is 5.94. The summed E-state index contributed by atoms with van der Waals surface area (Å²) in [5.74, 6) is 0.986. The normalized spacial score (nSPS) is 12.4. The second-order valence-corrected chi connectivity index (χ2v) is 9.85. The van der Waals surface area contributed by atoms with Crippen molar-refractivity contribution < 1.29 is 4.42 Å². The number of nitrogens with two attached hydrogens (primary N) is 1. The number of aliphatic imine (C=N–C) groups is 1. The van der Waals surface area contributed by atoms with E-state index in [0.29, 0.717) is 12.1 Å². The zero-order chi connectivity index (χ0) is 27.7. The first-order chi connectivity index (χ1) is 18.3. The van der Waals surface area contributed by atoms with Gasteiger partial charge >= 0.3 is 0 Å². The van der Waals surface area contributed by atoms with Crippen molar-refractivity contribution in [2.75, 3.05) is 6.54 Å². The SMILES string of the molecule is C=C(N)Cc1ccc2oc(CC3=C(C)CN=C3C)cc2c1.CC.Cc1ccc(Cc2ccccc2)c(C)c1. The molecule has 3 heteroatoms. The molecule has 0 unspecified atom stereocenters. The molecule has 0 atom stereocenters. The number of allylic oxidation sites excluding steroid dienone is 2. The topological polar surface area (TPSA) is 51.5 Å². The molecule has 198 valence electrons. The van der Waals surface area contributed by atoms with Crippen LogP contribution in [0.15, 0.2) is 106 Å². The zero-order valence-corrected chi connectivity index (χ0v) is 23.9. The van der Waals surface area contributed by atoms with Crippen LogP contribution in [0.2, 0.25) is 0 Å². The molecule has 38 heavy (non-hydrogen) atoms. The molecular formula is C35H42N2O. The van der Waals surface area contributed by atoms with Gasteiger partial charge in [0.15, 0.2) is 0 Å². The number of nitrogens with zero attached hydrogens (tertiary/aromatic N) is 1. The van der Waals surface area contributed by atoms with Gasteiger partial charge in [0, 0.05) is 29.6 Å². The third-order valence-electron chi connectivity index (χ3n) is 6.65. The van der Waals surface area contributed by atoms with Crippen LogP contribution in [0.25, 0.3) is 11.0 Å². The third-order valence-corrected chi connectivity index (χ3v) is 6.65. The van der Waals surface area contributed by atoms with Crippen LogP contribution in [0.3, 0.4) is 0 Å². The Morgan fingerprint density at radius 3 is 2.24 bits per heavy atom. The highest BCUT2D eigenvalue weighted by Crippen LogP contribution is 2.26. The van der Waals surface area contributed by atoms with E-state index in [1.54, 1.807) is 0 Å². The lowest BCUT2D eigenvalue weighted by molar-refractivity contribution is 0.563. The Morgan fingerprint density at radius 1 is 0.868 bits per heavy atom. The molecule has 3 nitrogen and oxygen atoms in total. The largest absolute Gasteiger partial charge is 0.461 e. The van der Waals surface area contributed by atoms with Gasteiger partial charge in [-0.25, -0.2) is 0 Å². The van der Waals surface area contributed by atoms with E-state index in [-0.39, 0.29) is 0 Å². The third kappa shape index (κ3) is 7.82. The van der Waals surface area contributed by atoms with Crippen LogP contribution in [-0.4, -0.2) is 12.3 Å². The number of furan rings is 1. The molecule has 1 aromatic heterocycles. The second-order valence-electron chi connectivity index (χ2n) is 9.85. The number of hydrogen-bond acceptors (Lipinski definition) is 3. The van der Waals surface area contributed by atoms with Crippen molar-refractivity contribution in [1.29, 1.82) is 0 Å². The van der Waals surface area contributed by atoms with E-state index in [1.807, 2.05) is 26.0 Å². The van der Waals surface area contributed by atoms with Gasteiger partial charge in [0.25, 0.3) is 0 Å². The minimum absolute atomic E-state index is 0.677. The van der Waals surface area contributed by atoms with Crippen molar-refractivity contribution in [2.24, 2.45) is 10.7 Å². The number of aryl methyl sites for hydroxylation is 2. The molecule has 1 aliphatic heterocycles. The van der Waals surface area contributed by atoms with Crippen LogP contribution in [0.4, 0.5) is 0 Å². The summed E-state index contributed by atoms with van der Waals surface area (Å²) < 4.78 is 5.94. The van der Waals surface area contributed by atoms with Crippen molar-refractivity contribution >= 4 is 16.7 Å². The van der Waals surface area contributed by atoms with E-state index >= 15 is 0 Å². The summed E-state index contributed by atoms with van der Waals surface area (Å²) >= 11 is 0. The van der Waals surface area contributed by atoms with Crippen LogP contribution >= 0.6 is 0 Å². The van der Waals surface area contributed by atoms with Gasteiger partial charge < -0.3 is 10.2 Å². The van der Waals surface area contributed by atoms with Crippen LogP contribution in [0.1, 0.15) is 61.3 Å². The summed E-state index contributed by atoms with van der Waals surface area (Å²) in [4.78, 5) is 4.47. The lowest BCUT2D eigenvalue weighted by Crippen LogP contribution is -1.98. The van der Waals surface area contributed by atoms with Gasteiger partial charge in [-0.15, -0.1) is 0 Å². The van der Waals surface area contributed by atoms with Gasteiger partial charge in [0.2, 0.25) is 0 Å². The molecule has 4 aromatic rings. The van der Waals surface area contributed by atoms with E-state index in [1.165, 1.54) is 33.4 Å². The number of benzene rings is 3. The Balaban J connectivity index is 0.000000208. The molecule has 0 spiro atoms. The molecule has 0 amide bonds. The maximum Gasteiger partial charge on any atom is 0.134 e. The lowest BCUT2D eigenvalue weighted by atomic mass is 9.99. The standard InChI is InChI=1S/C18H20N2O.C15H16.C2H6/c1-11-10-20-13(3)17(11)9-16-8-15-7-14(6-12(2)19)4-5-18(15)21-16;1-12-8-9-15(13(2)10-12)11-14-6-4-3-5-7-14;1-2/h4-5,7-8H,2,6,9-10,19H2,1,3H3;3-10H,11H2,1-2H3;1-2H3. The van der Waals surface area contributed by atoms with Gasteiger partial charge in [-0.05, 0) is 85.7 Å². The highest BCUT2D eigenvalue weighted by molar-refractivity contribution is 6.01. The molecule has 0 radical (unpaired) electrons. The molecule has 0 fully saturated rings. The van der Waals surface area contributed by atoms with Gasteiger partial charge in [-0.1, -0.05) is 80.6 Å². The van der Waals surface area contributed by atoms with Crippen molar-refractivity contribution in [3.8, 4) is 0 Å². The summed E-state index contributed by atoms with van der Waals surface area (Å²) in [6, 6.07) is 25.6. The van der Waals surface area contributed by atoms with Crippen molar-refractivity contribution in [3.05, 3.63) is 130 Å². The average Bonchev–Trinajstić information content (AvgIpc) is 3.45. The predicted molar refractivity (Wildman–Crippen MR) is 164 cm³/mol. The Hall–Kier alpha value is -3.85. The first-order valence-electron chi connectivity index (χ1n) is 13.5. The van der Waals surface area contributed by atoms with Crippen LogP contribution in [0.5, 0.6) is 0 Å². The van der Waals surface area contributed by atoms with Crippen LogP contribution in [0, 0.1) is 13.8 Å². The minimum atomic E-state index is 0.677. The fraction of sp³-hybridized carbons (Fsp3) is 0.286. The summed E-state index contributed by atoms with van der Waals surface area (Å²) in [7, 11) is 0. The Bertz CT molecular complexity index is 1440. The van der Waals surface area contributed by atoms with E-state index < -0.39 is 0 Å². The molecule has 0 saturated carbocycles. The lowest BCUT2D eigenvalue weighted by Gasteiger charge is -2.06. The number of rotatable bonds is 6. The second kappa shape index (κ2) is 13.6. The van der Waals surface area contributed by atoms with Gasteiger partial charge in [0.1, 0.15) is 11.3 Å². The number of fused-ring (bicyclic) bond motifs is 1. The first-order valence-corrected chi connectivity index (χ1v) is 13.5. The monoisotopic (exact) mass is 506 g/mol. The number of hydrogen-bond donors (Lipinski definition) is 1. The van der Waals surface area contributed by atoms with Crippen molar-refractivity contribution in [1.82, 2.24) is 0 Å². The molecule has 0 bridgehead atoms. The Morgan fingerprint density at radius 2 is 1.61 bits per heavy atom. The Kier molecular flexibility index (Phi) is 10.3. The molecule has 2 N–H and O–H groups in total. The van der Waals surface area contributed by atoms with Crippen LogP contribution in [-0.2, 0) is 19.3 Å². The maximum absolute atomic E-state index is 5.94. The van der Waals surface area contributed by atoms with E-state index in [9.17, 15) is 0 Å². The molecule has 5 rings (SSSR count). The minimum Gasteiger partial charge on any atom is -0.461 e. The van der Waals surface area contributed by atoms with Crippen molar-refractivity contribution in [3.63, 3.8) is 0 Å². The molecule has 0 saturated heterocycles. The zero-order valence-electron chi connectivity index (χ0n) is 23.9. The fourth-order valence-electron chi connectivity index (χ4n) is 4.66. The summed E-state index contributed by atoms with van der Waals surface area (Å²) in [5.41, 5.74) is 17.7. The molecule has 2 heterocycles. The summed E-state index contributed by atoms with van der Waals surface area (Å²) in [6.45, 7) is 17.1. The first kappa shape index (κ1) is 28.7.